The fourth-order valence-electron chi connectivity index (χ4n) is 3.46. The van der Waals surface area contributed by atoms with Crippen molar-refractivity contribution in [3.05, 3.63) is 64.7 Å². The van der Waals surface area contributed by atoms with Gasteiger partial charge in [0.15, 0.2) is 0 Å². The first-order chi connectivity index (χ1) is 12.2. The van der Waals surface area contributed by atoms with Crippen molar-refractivity contribution in [3.8, 4) is 5.75 Å². The molecular weight excluding hydrogens is 346 g/mol. The van der Waals surface area contributed by atoms with Gasteiger partial charge >= 0.3 is 0 Å². The van der Waals surface area contributed by atoms with Crippen molar-refractivity contribution in [1.82, 2.24) is 5.32 Å². The molecule has 0 saturated heterocycles. The maximum Gasteiger partial charge on any atom is 0.119 e. The van der Waals surface area contributed by atoms with Crippen molar-refractivity contribution in [2.45, 2.75) is 51.7 Å². The van der Waals surface area contributed by atoms with E-state index in [9.17, 15) is 5.11 Å². The summed E-state index contributed by atoms with van der Waals surface area (Å²) in [7, 11) is 0. The number of aliphatic hydroxyl groups excluding tert-OH is 1. The number of fused-ring (bicyclic) bond motifs is 1. The quantitative estimate of drug-likeness (QED) is 0.719. The molecule has 2 aromatic rings. The van der Waals surface area contributed by atoms with Crippen LogP contribution in [0.15, 0.2) is 42.5 Å². The Morgan fingerprint density at radius 1 is 1.08 bits per heavy atom. The Labute approximate surface area is 163 Å². The Balaban J connectivity index is 0.00000243. The van der Waals surface area contributed by atoms with E-state index in [-0.39, 0.29) is 18.4 Å². The number of ether oxygens (including phenoxy) is 1. The molecule has 3 rings (SSSR count). The van der Waals surface area contributed by atoms with E-state index in [2.05, 4.69) is 55.6 Å². The number of hydrogen-bond acceptors (Lipinski definition) is 3. The Morgan fingerprint density at radius 2 is 1.81 bits per heavy atom. The molecule has 2 N–H and O–H groups in total. The van der Waals surface area contributed by atoms with Crippen LogP contribution in [-0.2, 0) is 12.8 Å². The van der Waals surface area contributed by atoms with Gasteiger partial charge in [-0.3, -0.25) is 0 Å². The lowest BCUT2D eigenvalue weighted by Gasteiger charge is -2.20. The molecule has 4 heteroatoms. The molecule has 0 aliphatic heterocycles. The van der Waals surface area contributed by atoms with Crippen molar-refractivity contribution >= 4 is 12.4 Å². The molecule has 0 spiro atoms. The first kappa shape index (κ1) is 20.8. The molecule has 0 fully saturated rings. The van der Waals surface area contributed by atoms with Crippen LogP contribution in [-0.4, -0.2) is 24.4 Å². The fourth-order valence-corrected chi connectivity index (χ4v) is 3.46. The van der Waals surface area contributed by atoms with Crippen LogP contribution < -0.4 is 10.1 Å². The number of nitrogens with one attached hydrogen (secondary N) is 1. The normalized spacial score (nSPS) is 15.0. The second kappa shape index (κ2) is 9.96. The third kappa shape index (κ3) is 5.47. The fraction of sp³-hybridized carbons (Fsp3) is 0.455. The SMILES string of the molecule is CCC(NCC(O)COc1ccc2c(c1)CCC2)c1ccc(C)cc1.Cl. The minimum absolute atomic E-state index is 0. The summed E-state index contributed by atoms with van der Waals surface area (Å²) in [6.45, 7) is 5.09. The molecule has 2 atom stereocenters. The van der Waals surface area contributed by atoms with Gasteiger partial charge in [0.1, 0.15) is 18.5 Å². The van der Waals surface area contributed by atoms with E-state index < -0.39 is 6.10 Å². The second-order valence-corrected chi connectivity index (χ2v) is 7.03. The third-order valence-electron chi connectivity index (χ3n) is 5.00. The Hall–Kier alpha value is -1.55. The summed E-state index contributed by atoms with van der Waals surface area (Å²) in [4.78, 5) is 0. The predicted octanol–water partition coefficient (Wildman–Crippen LogP) is 4.39. The lowest BCUT2D eigenvalue weighted by molar-refractivity contribution is 0.103. The number of aliphatic hydroxyl groups is 1. The second-order valence-electron chi connectivity index (χ2n) is 7.03. The van der Waals surface area contributed by atoms with Crippen LogP contribution in [0.1, 0.15) is 48.1 Å². The van der Waals surface area contributed by atoms with E-state index in [1.807, 2.05) is 6.07 Å². The van der Waals surface area contributed by atoms with Crippen LogP contribution in [0.25, 0.3) is 0 Å². The molecule has 0 heterocycles. The number of hydrogen-bond donors (Lipinski definition) is 2. The highest BCUT2D eigenvalue weighted by Gasteiger charge is 2.14. The summed E-state index contributed by atoms with van der Waals surface area (Å²) >= 11 is 0. The van der Waals surface area contributed by atoms with Crippen LogP contribution in [0.2, 0.25) is 0 Å². The van der Waals surface area contributed by atoms with Crippen LogP contribution in [0.4, 0.5) is 0 Å². The lowest BCUT2D eigenvalue weighted by Crippen LogP contribution is -2.33. The van der Waals surface area contributed by atoms with Crippen LogP contribution in [0, 0.1) is 6.92 Å². The molecule has 2 aromatic carbocycles. The van der Waals surface area contributed by atoms with Gasteiger partial charge in [0.05, 0.1) is 0 Å². The largest absolute Gasteiger partial charge is 0.491 e. The van der Waals surface area contributed by atoms with Crippen LogP contribution in [0.3, 0.4) is 0 Å². The minimum Gasteiger partial charge on any atom is -0.491 e. The van der Waals surface area contributed by atoms with E-state index in [4.69, 9.17) is 4.74 Å². The maximum atomic E-state index is 10.3. The molecule has 0 bridgehead atoms. The topological polar surface area (TPSA) is 41.5 Å². The molecule has 1 aliphatic carbocycles. The van der Waals surface area contributed by atoms with Crippen LogP contribution in [0.5, 0.6) is 5.75 Å². The van der Waals surface area contributed by atoms with Gasteiger partial charge in [0.2, 0.25) is 0 Å². The minimum atomic E-state index is -0.521. The van der Waals surface area contributed by atoms with Gasteiger partial charge in [-0.25, -0.2) is 0 Å². The third-order valence-corrected chi connectivity index (χ3v) is 5.00. The monoisotopic (exact) mass is 375 g/mol. The van der Waals surface area contributed by atoms with Crippen molar-refractivity contribution in [3.63, 3.8) is 0 Å². The number of benzene rings is 2. The summed E-state index contributed by atoms with van der Waals surface area (Å²) in [5, 5.41) is 13.7. The highest BCUT2D eigenvalue weighted by molar-refractivity contribution is 5.85. The molecule has 0 amide bonds. The molecule has 26 heavy (non-hydrogen) atoms. The zero-order valence-electron chi connectivity index (χ0n) is 15.7. The molecule has 0 aromatic heterocycles. The van der Waals surface area contributed by atoms with Gasteiger partial charge in [-0.15, -0.1) is 12.4 Å². The van der Waals surface area contributed by atoms with E-state index in [0.717, 1.165) is 18.6 Å². The number of halogens is 1. The zero-order valence-corrected chi connectivity index (χ0v) is 16.5. The van der Waals surface area contributed by atoms with Gasteiger partial charge in [-0.05, 0) is 61.4 Å². The van der Waals surface area contributed by atoms with Crippen molar-refractivity contribution in [1.29, 1.82) is 0 Å². The van der Waals surface area contributed by atoms with E-state index in [1.165, 1.54) is 35.1 Å². The highest BCUT2D eigenvalue weighted by atomic mass is 35.5. The van der Waals surface area contributed by atoms with Gasteiger partial charge < -0.3 is 15.2 Å². The maximum absolute atomic E-state index is 10.3. The zero-order chi connectivity index (χ0) is 17.6. The van der Waals surface area contributed by atoms with Gasteiger partial charge in [0, 0.05) is 12.6 Å². The summed E-state index contributed by atoms with van der Waals surface area (Å²) in [6.07, 6.45) is 4.03. The summed E-state index contributed by atoms with van der Waals surface area (Å²) in [5.41, 5.74) is 5.37. The molecule has 2 unspecified atom stereocenters. The van der Waals surface area contributed by atoms with Gasteiger partial charge in [-0.1, -0.05) is 42.8 Å². The molecule has 0 saturated carbocycles. The van der Waals surface area contributed by atoms with Crippen molar-refractivity contribution in [2.24, 2.45) is 0 Å². The standard InChI is InChI=1S/C22H29NO2.ClH/c1-3-22(18-9-7-16(2)8-10-18)23-14-20(24)15-25-21-12-11-17-5-4-6-19(17)13-21;/h7-13,20,22-24H,3-6,14-15H2,1-2H3;1H. The number of rotatable bonds is 8. The molecular formula is C22H30ClNO2. The Kier molecular flexibility index (Phi) is 7.95. The molecule has 1 aliphatic rings. The van der Waals surface area contributed by atoms with Gasteiger partial charge in [0.25, 0.3) is 0 Å². The average molecular weight is 376 g/mol. The van der Waals surface area contributed by atoms with Crippen molar-refractivity contribution in [2.75, 3.05) is 13.2 Å². The summed E-state index contributed by atoms with van der Waals surface area (Å²) < 4.78 is 5.79. The first-order valence-corrected chi connectivity index (χ1v) is 9.38. The predicted molar refractivity (Wildman–Crippen MR) is 109 cm³/mol. The summed E-state index contributed by atoms with van der Waals surface area (Å²) in [6, 6.07) is 15.1. The van der Waals surface area contributed by atoms with Crippen molar-refractivity contribution < 1.29 is 9.84 Å². The summed E-state index contributed by atoms with van der Waals surface area (Å²) in [5.74, 6) is 0.866. The number of aryl methyl sites for hydroxylation is 3. The Morgan fingerprint density at radius 3 is 2.54 bits per heavy atom. The first-order valence-electron chi connectivity index (χ1n) is 9.38. The van der Waals surface area contributed by atoms with E-state index in [0.29, 0.717) is 13.2 Å². The highest BCUT2D eigenvalue weighted by Crippen LogP contribution is 2.26. The molecule has 0 radical (unpaired) electrons. The van der Waals surface area contributed by atoms with Gasteiger partial charge in [-0.2, -0.15) is 0 Å². The molecule has 142 valence electrons. The van der Waals surface area contributed by atoms with E-state index >= 15 is 0 Å². The lowest BCUT2D eigenvalue weighted by atomic mass is 10.0. The Bertz CT molecular complexity index is 687. The average Bonchev–Trinajstić information content (AvgIpc) is 3.09. The smallest absolute Gasteiger partial charge is 0.119 e. The molecule has 3 nitrogen and oxygen atoms in total. The van der Waals surface area contributed by atoms with Crippen LogP contribution >= 0.6 is 12.4 Å². The van der Waals surface area contributed by atoms with E-state index in [1.54, 1.807) is 0 Å².